The van der Waals surface area contributed by atoms with Gasteiger partial charge in [0, 0.05) is 0 Å². The molecule has 0 heterocycles. The summed E-state index contributed by atoms with van der Waals surface area (Å²) < 4.78 is 15.9. The Balaban J connectivity index is 0.00000232. The Morgan fingerprint density at radius 3 is 2.09 bits per heavy atom. The second-order valence-corrected chi connectivity index (χ2v) is 6.54. The first-order valence-corrected chi connectivity index (χ1v) is 8.82. The zero-order chi connectivity index (χ0) is 17.9. The number of hydrogen-bond donors (Lipinski definition) is 0. The van der Waals surface area contributed by atoms with E-state index in [-0.39, 0.29) is 30.6 Å². The summed E-state index contributed by atoms with van der Waals surface area (Å²) in [5.41, 5.74) is -0.485. The molecule has 136 valence electrons. The minimum atomic E-state index is -0.485. The van der Waals surface area contributed by atoms with Crippen molar-refractivity contribution < 1.29 is 23.8 Å². The minimum Gasteiger partial charge on any atom is -0.465 e. The Hall–Kier alpha value is -1.10. The van der Waals surface area contributed by atoms with Crippen LogP contribution in [0.3, 0.4) is 0 Å². The first-order chi connectivity index (χ1) is 10.8. The summed E-state index contributed by atoms with van der Waals surface area (Å²) in [6.07, 6.45) is 3.99. The third kappa shape index (κ3) is 10.3. The number of carbonyl (C=O) groups excluding carboxylic acids is 2. The van der Waals surface area contributed by atoms with E-state index in [1.54, 1.807) is 0 Å². The van der Waals surface area contributed by atoms with Crippen LogP contribution in [0.2, 0.25) is 0 Å². The van der Waals surface area contributed by atoms with Gasteiger partial charge in [-0.25, -0.2) is 4.79 Å². The molecule has 0 bridgehead atoms. The van der Waals surface area contributed by atoms with Crippen molar-refractivity contribution in [2.75, 3.05) is 13.2 Å². The number of rotatable bonds is 6. The molecular formula is C18H34O5. The third-order valence-corrected chi connectivity index (χ3v) is 3.31. The Labute approximate surface area is 141 Å². The summed E-state index contributed by atoms with van der Waals surface area (Å²) in [6.45, 7) is 11.9. The highest BCUT2D eigenvalue weighted by atomic mass is 16.6. The van der Waals surface area contributed by atoms with Crippen LogP contribution in [0.4, 0.5) is 0 Å². The molecule has 0 amide bonds. The van der Waals surface area contributed by atoms with E-state index in [2.05, 4.69) is 0 Å². The molecule has 0 aliphatic heterocycles. The molecule has 1 aliphatic rings. The van der Waals surface area contributed by atoms with E-state index < -0.39 is 5.60 Å². The highest BCUT2D eigenvalue weighted by molar-refractivity contribution is 5.72. The molecule has 1 saturated carbocycles. The summed E-state index contributed by atoms with van der Waals surface area (Å²) in [6, 6.07) is 0. The average molecular weight is 330 g/mol. The smallest absolute Gasteiger partial charge is 0.332 e. The normalized spacial score (nSPS) is 21.0. The molecule has 0 radical (unpaired) electrons. The van der Waals surface area contributed by atoms with E-state index in [1.807, 2.05) is 41.5 Å². The van der Waals surface area contributed by atoms with Gasteiger partial charge in [-0.15, -0.1) is 0 Å². The molecule has 1 fully saturated rings. The molecule has 5 heteroatoms. The Bertz CT molecular complexity index is 338. The average Bonchev–Trinajstić information content (AvgIpc) is 2.51. The lowest BCUT2D eigenvalue weighted by Crippen LogP contribution is -2.31. The van der Waals surface area contributed by atoms with Crippen LogP contribution in [0.15, 0.2) is 0 Å². The monoisotopic (exact) mass is 330 g/mol. The van der Waals surface area contributed by atoms with E-state index in [9.17, 15) is 9.59 Å². The van der Waals surface area contributed by atoms with Crippen LogP contribution in [0.25, 0.3) is 0 Å². The SMILES string of the molecule is CC.CCCOC(=O)C1CCC(OCC(=O)OC(C)(C)C)CC1. The number of esters is 2. The molecule has 1 aliphatic carbocycles. The van der Waals surface area contributed by atoms with E-state index >= 15 is 0 Å². The van der Waals surface area contributed by atoms with Crippen LogP contribution in [-0.2, 0) is 23.8 Å². The first-order valence-electron chi connectivity index (χ1n) is 8.82. The summed E-state index contributed by atoms with van der Waals surface area (Å²) in [7, 11) is 0. The van der Waals surface area contributed by atoms with Gasteiger partial charge in [-0.3, -0.25) is 4.79 Å². The Kier molecular flexibility index (Phi) is 10.9. The van der Waals surface area contributed by atoms with Gasteiger partial charge in [0.25, 0.3) is 0 Å². The molecule has 0 spiro atoms. The molecule has 0 N–H and O–H groups in total. The number of carbonyl (C=O) groups is 2. The van der Waals surface area contributed by atoms with E-state index in [1.165, 1.54) is 0 Å². The van der Waals surface area contributed by atoms with Crippen LogP contribution in [0.5, 0.6) is 0 Å². The zero-order valence-electron chi connectivity index (χ0n) is 15.6. The van der Waals surface area contributed by atoms with Gasteiger partial charge in [-0.1, -0.05) is 20.8 Å². The number of hydrogen-bond acceptors (Lipinski definition) is 5. The lowest BCUT2D eigenvalue weighted by Gasteiger charge is -2.27. The lowest BCUT2D eigenvalue weighted by molar-refractivity contribution is -0.164. The van der Waals surface area contributed by atoms with Crippen LogP contribution >= 0.6 is 0 Å². The maximum absolute atomic E-state index is 11.7. The third-order valence-electron chi connectivity index (χ3n) is 3.31. The summed E-state index contributed by atoms with van der Waals surface area (Å²) in [5.74, 6) is -0.452. The molecule has 0 unspecified atom stereocenters. The van der Waals surface area contributed by atoms with Crippen LogP contribution in [-0.4, -0.2) is 36.9 Å². The van der Waals surface area contributed by atoms with Crippen LogP contribution < -0.4 is 0 Å². The van der Waals surface area contributed by atoms with E-state index in [0.29, 0.717) is 6.61 Å². The van der Waals surface area contributed by atoms with Crippen LogP contribution in [0, 0.1) is 5.92 Å². The molecule has 1 rings (SSSR count). The molecule has 23 heavy (non-hydrogen) atoms. The highest BCUT2D eigenvalue weighted by Gasteiger charge is 2.28. The highest BCUT2D eigenvalue weighted by Crippen LogP contribution is 2.27. The molecule has 0 aromatic rings. The van der Waals surface area contributed by atoms with Crippen molar-refractivity contribution >= 4 is 11.9 Å². The molecule has 0 aromatic carbocycles. The Morgan fingerprint density at radius 1 is 1.04 bits per heavy atom. The standard InChI is InChI=1S/C16H28O5.C2H6/c1-5-10-19-15(18)12-6-8-13(9-7-12)20-11-14(17)21-16(2,3)4;1-2/h12-13H,5-11H2,1-4H3;1-2H3. The predicted molar refractivity (Wildman–Crippen MR) is 90.1 cm³/mol. The molecular weight excluding hydrogens is 296 g/mol. The van der Waals surface area contributed by atoms with Crippen molar-refractivity contribution in [2.24, 2.45) is 5.92 Å². The molecule has 5 nitrogen and oxygen atoms in total. The van der Waals surface area contributed by atoms with Gasteiger partial charge < -0.3 is 14.2 Å². The van der Waals surface area contributed by atoms with Gasteiger partial charge in [0.2, 0.25) is 0 Å². The van der Waals surface area contributed by atoms with Crippen molar-refractivity contribution in [2.45, 2.75) is 85.4 Å². The van der Waals surface area contributed by atoms with Crippen LogP contribution in [0.1, 0.15) is 73.6 Å². The van der Waals surface area contributed by atoms with Crippen molar-refractivity contribution in [1.29, 1.82) is 0 Å². The first kappa shape index (κ1) is 21.9. The van der Waals surface area contributed by atoms with Gasteiger partial charge >= 0.3 is 11.9 Å². The fraction of sp³-hybridized carbons (Fsp3) is 0.889. The summed E-state index contributed by atoms with van der Waals surface area (Å²) in [4.78, 5) is 23.3. The van der Waals surface area contributed by atoms with Gasteiger partial charge in [0.05, 0.1) is 18.6 Å². The maximum atomic E-state index is 11.7. The van der Waals surface area contributed by atoms with Crippen molar-refractivity contribution in [3.63, 3.8) is 0 Å². The summed E-state index contributed by atoms with van der Waals surface area (Å²) >= 11 is 0. The van der Waals surface area contributed by atoms with E-state index in [0.717, 1.165) is 32.1 Å². The Morgan fingerprint density at radius 2 is 1.61 bits per heavy atom. The largest absolute Gasteiger partial charge is 0.465 e. The minimum absolute atomic E-state index is 0.0158. The fourth-order valence-electron chi connectivity index (χ4n) is 2.34. The fourth-order valence-corrected chi connectivity index (χ4v) is 2.34. The second kappa shape index (κ2) is 11.4. The second-order valence-electron chi connectivity index (χ2n) is 6.54. The van der Waals surface area contributed by atoms with Gasteiger partial charge in [-0.2, -0.15) is 0 Å². The molecule has 0 atom stereocenters. The van der Waals surface area contributed by atoms with Crippen molar-refractivity contribution in [3.8, 4) is 0 Å². The van der Waals surface area contributed by atoms with Gasteiger partial charge in [0.15, 0.2) is 0 Å². The zero-order valence-corrected chi connectivity index (χ0v) is 15.6. The number of ether oxygens (including phenoxy) is 3. The van der Waals surface area contributed by atoms with Crippen molar-refractivity contribution in [3.05, 3.63) is 0 Å². The topological polar surface area (TPSA) is 61.8 Å². The van der Waals surface area contributed by atoms with Gasteiger partial charge in [0.1, 0.15) is 12.2 Å². The van der Waals surface area contributed by atoms with Crippen molar-refractivity contribution in [1.82, 2.24) is 0 Å². The molecule has 0 saturated heterocycles. The molecule has 0 aromatic heterocycles. The summed E-state index contributed by atoms with van der Waals surface area (Å²) in [5, 5.41) is 0. The predicted octanol–water partition coefficient (Wildman–Crippen LogP) is 3.88. The lowest BCUT2D eigenvalue weighted by atomic mass is 9.87. The van der Waals surface area contributed by atoms with Gasteiger partial charge in [-0.05, 0) is 52.9 Å². The quantitative estimate of drug-likeness (QED) is 0.692. The maximum Gasteiger partial charge on any atom is 0.332 e. The van der Waals surface area contributed by atoms with E-state index in [4.69, 9.17) is 14.2 Å².